The summed E-state index contributed by atoms with van der Waals surface area (Å²) in [4.78, 5) is 10.9. The third-order valence-electron chi connectivity index (χ3n) is 3.62. The number of carbonyl (C=O) groups is 1. The molecule has 0 heterocycles. The van der Waals surface area contributed by atoms with Crippen molar-refractivity contribution in [2.45, 2.75) is 38.6 Å². The molecule has 1 aliphatic carbocycles. The lowest BCUT2D eigenvalue weighted by Gasteiger charge is -2.28. The van der Waals surface area contributed by atoms with Crippen LogP contribution in [0.15, 0.2) is 18.2 Å². The number of nitrogens with one attached hydrogen (secondary N) is 1. The molecule has 0 saturated heterocycles. The second kappa shape index (κ2) is 5.61. The number of rotatable bonds is 3. The number of aliphatic carboxylic acids is 1. The van der Waals surface area contributed by atoms with Gasteiger partial charge in [-0.25, -0.2) is 0 Å². The maximum Gasteiger partial charge on any atom is 0.306 e. The number of hydrogen-bond donors (Lipinski definition) is 2. The van der Waals surface area contributed by atoms with Crippen molar-refractivity contribution in [3.8, 4) is 0 Å². The first-order chi connectivity index (χ1) is 8.56. The van der Waals surface area contributed by atoms with Crippen molar-refractivity contribution >= 4 is 23.3 Å². The van der Waals surface area contributed by atoms with Crippen LogP contribution in [0.3, 0.4) is 0 Å². The maximum absolute atomic E-state index is 10.9. The van der Waals surface area contributed by atoms with Crippen LogP contribution in [0.25, 0.3) is 0 Å². The topological polar surface area (TPSA) is 49.3 Å². The van der Waals surface area contributed by atoms with Crippen molar-refractivity contribution < 1.29 is 9.90 Å². The Bertz CT molecular complexity index is 439. The standard InChI is InChI=1S/C14H18ClNO2/c1-9-8-11(15)4-7-13(9)16-12-5-2-10(3-6-12)14(17)18/h4,7-8,10,12,16H,2-3,5-6H2,1H3,(H,17,18). The predicted octanol–water partition coefficient (Wildman–Crippen LogP) is 3.70. The van der Waals surface area contributed by atoms with Gasteiger partial charge in [0.15, 0.2) is 0 Å². The second-order valence-corrected chi connectivity index (χ2v) is 5.43. The van der Waals surface area contributed by atoms with Crippen LogP contribution in [-0.2, 0) is 4.79 Å². The molecule has 2 N–H and O–H groups in total. The molecule has 0 amide bonds. The summed E-state index contributed by atoms with van der Waals surface area (Å²) in [5.74, 6) is -0.814. The molecule has 98 valence electrons. The summed E-state index contributed by atoms with van der Waals surface area (Å²) in [6, 6.07) is 6.17. The van der Waals surface area contributed by atoms with E-state index >= 15 is 0 Å². The molecule has 18 heavy (non-hydrogen) atoms. The van der Waals surface area contributed by atoms with Gasteiger partial charge in [0.1, 0.15) is 0 Å². The van der Waals surface area contributed by atoms with Crippen LogP contribution in [-0.4, -0.2) is 17.1 Å². The quantitative estimate of drug-likeness (QED) is 0.878. The molecule has 1 aromatic rings. The molecule has 0 atom stereocenters. The van der Waals surface area contributed by atoms with Crippen LogP contribution in [0, 0.1) is 12.8 Å². The smallest absolute Gasteiger partial charge is 0.306 e. The zero-order chi connectivity index (χ0) is 13.1. The van der Waals surface area contributed by atoms with Crippen molar-refractivity contribution in [3.63, 3.8) is 0 Å². The number of benzene rings is 1. The molecule has 0 unspecified atom stereocenters. The van der Waals surface area contributed by atoms with E-state index in [2.05, 4.69) is 5.32 Å². The third kappa shape index (κ3) is 3.16. The fourth-order valence-electron chi connectivity index (χ4n) is 2.49. The highest BCUT2D eigenvalue weighted by molar-refractivity contribution is 6.30. The number of hydrogen-bond acceptors (Lipinski definition) is 2. The van der Waals surface area contributed by atoms with Gasteiger partial charge in [0.05, 0.1) is 5.92 Å². The molecule has 1 saturated carbocycles. The van der Waals surface area contributed by atoms with E-state index in [0.29, 0.717) is 6.04 Å². The van der Waals surface area contributed by atoms with Crippen LogP contribution < -0.4 is 5.32 Å². The number of anilines is 1. The Labute approximate surface area is 112 Å². The Kier molecular flexibility index (Phi) is 4.12. The summed E-state index contributed by atoms with van der Waals surface area (Å²) in [5.41, 5.74) is 2.22. The van der Waals surface area contributed by atoms with Gasteiger partial charge in [0, 0.05) is 16.8 Å². The minimum Gasteiger partial charge on any atom is -0.481 e. The molecule has 0 aliphatic heterocycles. The number of aryl methyl sites for hydroxylation is 1. The molecule has 0 aromatic heterocycles. The van der Waals surface area contributed by atoms with Gasteiger partial charge in [-0.15, -0.1) is 0 Å². The lowest BCUT2D eigenvalue weighted by molar-refractivity contribution is -0.142. The predicted molar refractivity (Wildman–Crippen MR) is 73.2 cm³/mol. The van der Waals surface area contributed by atoms with E-state index in [9.17, 15) is 4.79 Å². The van der Waals surface area contributed by atoms with E-state index in [1.165, 1.54) is 0 Å². The van der Waals surface area contributed by atoms with Crippen molar-refractivity contribution in [3.05, 3.63) is 28.8 Å². The van der Waals surface area contributed by atoms with Gasteiger partial charge < -0.3 is 10.4 Å². The summed E-state index contributed by atoms with van der Waals surface area (Å²) < 4.78 is 0. The largest absolute Gasteiger partial charge is 0.481 e. The Morgan fingerprint density at radius 2 is 2.00 bits per heavy atom. The molecule has 1 aromatic carbocycles. The molecule has 1 fully saturated rings. The summed E-state index contributed by atoms with van der Waals surface area (Å²) in [7, 11) is 0. The first-order valence-corrected chi connectivity index (χ1v) is 6.69. The zero-order valence-electron chi connectivity index (χ0n) is 10.4. The summed E-state index contributed by atoms with van der Waals surface area (Å²) in [6.45, 7) is 2.02. The van der Waals surface area contributed by atoms with Gasteiger partial charge >= 0.3 is 5.97 Å². The van der Waals surface area contributed by atoms with Crippen molar-refractivity contribution in [2.75, 3.05) is 5.32 Å². The maximum atomic E-state index is 10.9. The SMILES string of the molecule is Cc1cc(Cl)ccc1NC1CCC(C(=O)O)CC1. The zero-order valence-corrected chi connectivity index (χ0v) is 11.2. The Morgan fingerprint density at radius 3 is 2.56 bits per heavy atom. The average Bonchev–Trinajstić information content (AvgIpc) is 2.33. The van der Waals surface area contributed by atoms with Gasteiger partial charge in [-0.05, 0) is 56.4 Å². The third-order valence-corrected chi connectivity index (χ3v) is 3.86. The van der Waals surface area contributed by atoms with Crippen LogP contribution in [0.2, 0.25) is 5.02 Å². The van der Waals surface area contributed by atoms with Gasteiger partial charge in [0.2, 0.25) is 0 Å². The molecule has 3 nitrogen and oxygen atoms in total. The molecule has 0 bridgehead atoms. The van der Waals surface area contributed by atoms with E-state index < -0.39 is 5.97 Å². The van der Waals surface area contributed by atoms with Crippen LogP contribution in [0.1, 0.15) is 31.2 Å². The summed E-state index contributed by atoms with van der Waals surface area (Å²) in [5, 5.41) is 13.2. The Hall–Kier alpha value is -1.22. The highest BCUT2D eigenvalue weighted by atomic mass is 35.5. The molecule has 1 aliphatic rings. The van der Waals surface area contributed by atoms with E-state index in [-0.39, 0.29) is 5.92 Å². The molecular weight excluding hydrogens is 250 g/mol. The fourth-order valence-corrected chi connectivity index (χ4v) is 2.72. The van der Waals surface area contributed by atoms with E-state index in [1.807, 2.05) is 25.1 Å². The van der Waals surface area contributed by atoms with Crippen molar-refractivity contribution in [1.82, 2.24) is 0 Å². The number of carboxylic acids is 1. The van der Waals surface area contributed by atoms with Crippen molar-refractivity contribution in [1.29, 1.82) is 0 Å². The van der Waals surface area contributed by atoms with E-state index in [1.54, 1.807) is 0 Å². The first kappa shape index (κ1) is 13.2. The fraction of sp³-hybridized carbons (Fsp3) is 0.500. The second-order valence-electron chi connectivity index (χ2n) is 4.99. The van der Waals surface area contributed by atoms with Gasteiger partial charge in [-0.2, -0.15) is 0 Å². The molecule has 0 spiro atoms. The molecule has 2 rings (SSSR count). The molecule has 0 radical (unpaired) electrons. The van der Waals surface area contributed by atoms with Gasteiger partial charge in [-0.3, -0.25) is 4.79 Å². The highest BCUT2D eigenvalue weighted by Gasteiger charge is 2.25. The molecule has 4 heteroatoms. The average molecular weight is 268 g/mol. The Morgan fingerprint density at radius 1 is 1.33 bits per heavy atom. The number of carboxylic acid groups (broad SMARTS) is 1. The monoisotopic (exact) mass is 267 g/mol. The highest BCUT2D eigenvalue weighted by Crippen LogP contribution is 2.28. The lowest BCUT2D eigenvalue weighted by atomic mass is 9.86. The minimum atomic E-state index is -0.656. The number of halogens is 1. The lowest BCUT2D eigenvalue weighted by Crippen LogP contribution is -2.29. The van der Waals surface area contributed by atoms with Crippen molar-refractivity contribution in [2.24, 2.45) is 5.92 Å². The minimum absolute atomic E-state index is 0.158. The Balaban J connectivity index is 1.93. The van der Waals surface area contributed by atoms with E-state index in [4.69, 9.17) is 16.7 Å². The van der Waals surface area contributed by atoms with E-state index in [0.717, 1.165) is 42.0 Å². The normalized spacial score (nSPS) is 23.7. The molecular formula is C14H18ClNO2. The summed E-state index contributed by atoms with van der Waals surface area (Å²) >= 11 is 5.92. The van der Waals surface area contributed by atoms with Gasteiger partial charge in [0.25, 0.3) is 0 Å². The summed E-state index contributed by atoms with van der Waals surface area (Å²) in [6.07, 6.45) is 3.36. The van der Waals surface area contributed by atoms with Crippen LogP contribution in [0.4, 0.5) is 5.69 Å². The van der Waals surface area contributed by atoms with Crippen LogP contribution >= 0.6 is 11.6 Å². The van der Waals surface area contributed by atoms with Crippen LogP contribution in [0.5, 0.6) is 0 Å². The van der Waals surface area contributed by atoms with Gasteiger partial charge in [-0.1, -0.05) is 11.6 Å². The first-order valence-electron chi connectivity index (χ1n) is 6.32.